The van der Waals surface area contributed by atoms with Crippen LogP contribution in [0.4, 0.5) is 5.13 Å². The lowest BCUT2D eigenvalue weighted by Crippen LogP contribution is -2.12. The number of aromatic nitrogens is 3. The van der Waals surface area contributed by atoms with E-state index in [9.17, 15) is 0 Å². The molecule has 1 N–H and O–H groups in total. The summed E-state index contributed by atoms with van der Waals surface area (Å²) in [5.74, 6) is 1.87. The van der Waals surface area contributed by atoms with E-state index in [1.165, 1.54) is 0 Å². The Kier molecular flexibility index (Phi) is 4.33. The summed E-state index contributed by atoms with van der Waals surface area (Å²) in [6.07, 6.45) is 0. The van der Waals surface area contributed by atoms with E-state index in [1.54, 1.807) is 25.4 Å². The van der Waals surface area contributed by atoms with Crippen molar-refractivity contribution in [1.29, 1.82) is 0 Å². The van der Waals surface area contributed by atoms with Gasteiger partial charge in [0.05, 0.1) is 18.5 Å². The van der Waals surface area contributed by atoms with Gasteiger partial charge in [0, 0.05) is 20.6 Å². The van der Waals surface area contributed by atoms with Crippen molar-refractivity contribution in [3.05, 3.63) is 16.6 Å². The van der Waals surface area contributed by atoms with Crippen molar-refractivity contribution in [1.82, 2.24) is 20.4 Å². The summed E-state index contributed by atoms with van der Waals surface area (Å²) >= 11 is 1.59. The average molecular weight is 283 g/mol. The summed E-state index contributed by atoms with van der Waals surface area (Å²) < 4.78 is 10.3. The molecule has 7 nitrogen and oxygen atoms in total. The number of hydrogen-bond acceptors (Lipinski definition) is 8. The molecule has 0 aliphatic rings. The molecule has 0 atom stereocenters. The fourth-order valence-corrected chi connectivity index (χ4v) is 2.41. The minimum Gasteiger partial charge on any atom is -0.480 e. The zero-order chi connectivity index (χ0) is 13.8. The highest BCUT2D eigenvalue weighted by Crippen LogP contribution is 2.30. The second-order valence-corrected chi connectivity index (χ2v) is 5.22. The maximum absolute atomic E-state index is 5.26. The number of hydrogen-bond donors (Lipinski definition) is 1. The monoisotopic (exact) mass is 283 g/mol. The Hall–Kier alpha value is -1.67. The molecular weight excluding hydrogens is 266 g/mol. The number of nitrogens with one attached hydrogen (secondary N) is 1. The van der Waals surface area contributed by atoms with Crippen LogP contribution in [0.15, 0.2) is 4.52 Å². The standard InChI is InChI=1S/C11H17N5O2S/c1-7-13-9(18-15-7)6-12-5-8-10(17-4)14-11(19-8)16(2)3/h12H,5-6H2,1-4H3. The predicted octanol–water partition coefficient (Wildman–Crippen LogP) is 1.20. The van der Waals surface area contributed by atoms with Gasteiger partial charge in [-0.2, -0.15) is 9.97 Å². The molecule has 0 saturated carbocycles. The van der Waals surface area contributed by atoms with E-state index in [-0.39, 0.29) is 0 Å². The number of nitrogens with zero attached hydrogens (tertiary/aromatic N) is 4. The lowest BCUT2D eigenvalue weighted by molar-refractivity contribution is 0.362. The summed E-state index contributed by atoms with van der Waals surface area (Å²) in [5.41, 5.74) is 0. The van der Waals surface area contributed by atoms with Gasteiger partial charge in [0.25, 0.3) is 0 Å². The molecule has 0 aliphatic heterocycles. The first kappa shape index (κ1) is 13.8. The third-order valence-electron chi connectivity index (χ3n) is 2.36. The smallest absolute Gasteiger partial charge is 0.240 e. The first-order valence-corrected chi connectivity index (χ1v) is 6.62. The van der Waals surface area contributed by atoms with Crippen LogP contribution in [0.1, 0.15) is 16.6 Å². The highest BCUT2D eigenvalue weighted by Gasteiger charge is 2.13. The van der Waals surface area contributed by atoms with Gasteiger partial charge in [-0.05, 0) is 6.92 Å². The van der Waals surface area contributed by atoms with Crippen molar-refractivity contribution < 1.29 is 9.26 Å². The van der Waals surface area contributed by atoms with Gasteiger partial charge >= 0.3 is 0 Å². The SMILES string of the molecule is COc1nc(N(C)C)sc1CNCc1nc(C)no1. The van der Waals surface area contributed by atoms with Gasteiger partial charge in [0.15, 0.2) is 11.0 Å². The number of methoxy groups -OCH3 is 1. The summed E-state index contributed by atoms with van der Waals surface area (Å²) in [5, 5.41) is 7.89. The van der Waals surface area contributed by atoms with Crippen molar-refractivity contribution in [2.75, 3.05) is 26.1 Å². The Bertz CT molecular complexity index is 537. The molecule has 0 saturated heterocycles. The molecule has 0 aliphatic carbocycles. The molecule has 2 heterocycles. The minimum absolute atomic E-state index is 0.527. The lowest BCUT2D eigenvalue weighted by Gasteiger charge is -2.04. The van der Waals surface area contributed by atoms with Gasteiger partial charge in [0.2, 0.25) is 11.8 Å². The molecule has 104 valence electrons. The average Bonchev–Trinajstić information content (AvgIpc) is 2.96. The summed E-state index contributed by atoms with van der Waals surface area (Å²) in [4.78, 5) is 11.5. The van der Waals surface area contributed by atoms with E-state index in [0.29, 0.717) is 30.7 Å². The van der Waals surface area contributed by atoms with Gasteiger partial charge in [-0.15, -0.1) is 0 Å². The van der Waals surface area contributed by atoms with Crippen molar-refractivity contribution >= 4 is 16.5 Å². The normalized spacial score (nSPS) is 10.7. The summed E-state index contributed by atoms with van der Waals surface area (Å²) in [7, 11) is 5.53. The molecule has 2 aromatic heterocycles. The second kappa shape index (κ2) is 5.98. The zero-order valence-corrected chi connectivity index (χ0v) is 12.2. The van der Waals surface area contributed by atoms with E-state index in [2.05, 4.69) is 20.4 Å². The molecule has 19 heavy (non-hydrogen) atoms. The van der Waals surface area contributed by atoms with Crippen molar-refractivity contribution in [3.8, 4) is 5.88 Å². The molecular formula is C11H17N5O2S. The first-order chi connectivity index (χ1) is 9.10. The van der Waals surface area contributed by atoms with Gasteiger partial charge in [0.1, 0.15) is 0 Å². The van der Waals surface area contributed by atoms with Crippen molar-refractivity contribution in [2.24, 2.45) is 0 Å². The fraction of sp³-hybridized carbons (Fsp3) is 0.545. The quantitative estimate of drug-likeness (QED) is 0.853. The van der Waals surface area contributed by atoms with E-state index in [4.69, 9.17) is 9.26 Å². The van der Waals surface area contributed by atoms with E-state index >= 15 is 0 Å². The first-order valence-electron chi connectivity index (χ1n) is 5.81. The molecule has 0 amide bonds. The number of thiazole rings is 1. The second-order valence-electron chi connectivity index (χ2n) is 4.16. The maximum Gasteiger partial charge on any atom is 0.240 e. The Labute approximate surface area is 115 Å². The zero-order valence-electron chi connectivity index (χ0n) is 11.4. The minimum atomic E-state index is 0.527. The fourth-order valence-electron chi connectivity index (χ4n) is 1.48. The van der Waals surface area contributed by atoms with Crippen molar-refractivity contribution in [3.63, 3.8) is 0 Å². The van der Waals surface area contributed by atoms with E-state index < -0.39 is 0 Å². The summed E-state index contributed by atoms with van der Waals surface area (Å²) in [6, 6.07) is 0. The maximum atomic E-state index is 5.26. The Balaban J connectivity index is 1.95. The highest BCUT2D eigenvalue weighted by molar-refractivity contribution is 7.15. The highest BCUT2D eigenvalue weighted by atomic mass is 32.1. The summed E-state index contributed by atoms with van der Waals surface area (Å²) in [6.45, 7) is 2.97. The van der Waals surface area contributed by atoms with Crippen LogP contribution in [-0.2, 0) is 13.1 Å². The third kappa shape index (κ3) is 3.42. The van der Waals surface area contributed by atoms with Crippen LogP contribution in [0.5, 0.6) is 5.88 Å². The van der Waals surface area contributed by atoms with Crippen LogP contribution in [0, 0.1) is 6.92 Å². The van der Waals surface area contributed by atoms with Crippen molar-refractivity contribution in [2.45, 2.75) is 20.0 Å². The van der Waals surface area contributed by atoms with Crippen LogP contribution >= 0.6 is 11.3 Å². The van der Waals surface area contributed by atoms with E-state index in [0.717, 1.165) is 10.0 Å². The number of rotatable bonds is 6. The Morgan fingerprint density at radius 1 is 1.32 bits per heavy atom. The number of anilines is 1. The van der Waals surface area contributed by atoms with Gasteiger partial charge < -0.3 is 19.5 Å². The molecule has 2 aromatic rings. The molecule has 0 radical (unpaired) electrons. The van der Waals surface area contributed by atoms with Gasteiger partial charge in [-0.1, -0.05) is 16.5 Å². The third-order valence-corrected chi connectivity index (χ3v) is 3.56. The Morgan fingerprint density at radius 3 is 2.68 bits per heavy atom. The molecule has 2 rings (SSSR count). The molecule has 0 spiro atoms. The van der Waals surface area contributed by atoms with E-state index in [1.807, 2.05) is 19.0 Å². The molecule has 0 fully saturated rings. The molecule has 0 unspecified atom stereocenters. The molecule has 0 bridgehead atoms. The molecule has 0 aromatic carbocycles. The largest absolute Gasteiger partial charge is 0.480 e. The topological polar surface area (TPSA) is 76.3 Å². The van der Waals surface area contributed by atoms with Gasteiger partial charge in [-0.3, -0.25) is 0 Å². The van der Waals surface area contributed by atoms with Crippen LogP contribution in [-0.4, -0.2) is 36.3 Å². The van der Waals surface area contributed by atoms with Crippen LogP contribution < -0.4 is 15.0 Å². The lowest BCUT2D eigenvalue weighted by atomic mass is 10.5. The van der Waals surface area contributed by atoms with Crippen LogP contribution in [0.2, 0.25) is 0 Å². The van der Waals surface area contributed by atoms with Crippen LogP contribution in [0.3, 0.4) is 0 Å². The number of ether oxygens (including phenoxy) is 1. The van der Waals surface area contributed by atoms with Gasteiger partial charge in [-0.25, -0.2) is 0 Å². The Morgan fingerprint density at radius 2 is 2.11 bits per heavy atom. The molecule has 8 heteroatoms. The van der Waals surface area contributed by atoms with Crippen LogP contribution in [0.25, 0.3) is 0 Å². The number of aryl methyl sites for hydroxylation is 1. The predicted molar refractivity (Wildman–Crippen MR) is 72.6 cm³/mol.